The summed E-state index contributed by atoms with van der Waals surface area (Å²) in [6, 6.07) is -0.611. The van der Waals surface area contributed by atoms with Gasteiger partial charge >= 0.3 is 11.9 Å². The topological polar surface area (TPSA) is 98.7 Å². The number of hydrazine groups is 1. The fourth-order valence-corrected chi connectivity index (χ4v) is 1.07. The molecular weight excluding hydrogens is 200 g/mol. The fourth-order valence-electron chi connectivity index (χ4n) is 1.07. The van der Waals surface area contributed by atoms with Gasteiger partial charge in [0.05, 0.1) is 0 Å². The fraction of sp³-hybridized carbons (Fsp3) is 0.778. The van der Waals surface area contributed by atoms with Gasteiger partial charge in [0.1, 0.15) is 6.04 Å². The molecule has 0 fully saturated rings. The molecule has 0 spiro atoms. The molecule has 0 aromatic rings. The van der Waals surface area contributed by atoms with Gasteiger partial charge in [0, 0.05) is 13.0 Å². The van der Waals surface area contributed by atoms with E-state index >= 15 is 0 Å². The van der Waals surface area contributed by atoms with Gasteiger partial charge in [-0.05, 0) is 12.8 Å². The number of rotatable bonds is 9. The molecule has 0 aromatic carbocycles. The molecule has 0 aliphatic rings. The molecule has 0 saturated heterocycles. The molecule has 1 atom stereocenters. The van der Waals surface area contributed by atoms with Gasteiger partial charge in [0.15, 0.2) is 0 Å². The molecule has 6 heteroatoms. The molecule has 15 heavy (non-hydrogen) atoms. The van der Waals surface area contributed by atoms with Crippen molar-refractivity contribution in [1.82, 2.24) is 10.9 Å². The van der Waals surface area contributed by atoms with Crippen LogP contribution in [0, 0.1) is 0 Å². The summed E-state index contributed by atoms with van der Waals surface area (Å²) in [6.07, 6.45) is 1.88. The minimum absolute atomic E-state index is 0.0835. The Balaban J connectivity index is 3.53. The molecule has 0 bridgehead atoms. The Morgan fingerprint density at radius 2 is 2.00 bits per heavy atom. The quantitative estimate of drug-likeness (QED) is 0.326. The summed E-state index contributed by atoms with van der Waals surface area (Å²) in [6.45, 7) is 2.35. The molecule has 0 saturated carbocycles. The summed E-state index contributed by atoms with van der Waals surface area (Å²) in [7, 11) is 0. The van der Waals surface area contributed by atoms with Crippen LogP contribution in [0.25, 0.3) is 0 Å². The van der Waals surface area contributed by atoms with Crippen LogP contribution in [0.3, 0.4) is 0 Å². The molecule has 0 amide bonds. The van der Waals surface area contributed by atoms with Gasteiger partial charge in [-0.2, -0.15) is 0 Å². The molecule has 0 unspecified atom stereocenters. The lowest BCUT2D eigenvalue weighted by atomic mass is 10.2. The lowest BCUT2D eigenvalue weighted by molar-refractivity contribution is -0.140. The second kappa shape index (κ2) is 8.19. The van der Waals surface area contributed by atoms with Crippen LogP contribution >= 0.6 is 0 Å². The van der Waals surface area contributed by atoms with E-state index in [9.17, 15) is 9.59 Å². The molecule has 0 heterocycles. The molecule has 88 valence electrons. The van der Waals surface area contributed by atoms with Crippen molar-refractivity contribution in [2.24, 2.45) is 0 Å². The predicted octanol–water partition coefficient (Wildman–Crippen LogP) is 0.199. The smallest absolute Gasteiger partial charge is 0.322 e. The molecule has 0 aliphatic carbocycles. The van der Waals surface area contributed by atoms with Crippen LogP contribution in [0.2, 0.25) is 0 Å². The van der Waals surface area contributed by atoms with E-state index in [1.54, 1.807) is 0 Å². The number of carboxylic acids is 2. The van der Waals surface area contributed by atoms with E-state index in [2.05, 4.69) is 10.9 Å². The van der Waals surface area contributed by atoms with E-state index in [1.807, 2.05) is 6.92 Å². The molecule has 0 radical (unpaired) electrons. The summed E-state index contributed by atoms with van der Waals surface area (Å²) >= 11 is 0. The van der Waals surface area contributed by atoms with Gasteiger partial charge in [-0.25, -0.2) is 5.43 Å². The van der Waals surface area contributed by atoms with Crippen molar-refractivity contribution in [2.45, 2.75) is 38.6 Å². The Bertz CT molecular complexity index is 208. The summed E-state index contributed by atoms with van der Waals surface area (Å²) in [5, 5.41) is 17.1. The Hall–Kier alpha value is -1.14. The largest absolute Gasteiger partial charge is 0.481 e. The van der Waals surface area contributed by atoms with Crippen LogP contribution in [-0.2, 0) is 9.59 Å². The number of nitrogens with one attached hydrogen (secondary N) is 2. The van der Waals surface area contributed by atoms with Crippen LogP contribution in [0.4, 0.5) is 0 Å². The molecule has 6 nitrogen and oxygen atoms in total. The van der Waals surface area contributed by atoms with Crippen LogP contribution < -0.4 is 10.9 Å². The highest BCUT2D eigenvalue weighted by Crippen LogP contribution is 1.95. The Morgan fingerprint density at radius 1 is 1.33 bits per heavy atom. The third kappa shape index (κ3) is 7.90. The van der Waals surface area contributed by atoms with Gasteiger partial charge in [-0.1, -0.05) is 13.3 Å². The number of hydrogen-bond acceptors (Lipinski definition) is 4. The van der Waals surface area contributed by atoms with E-state index in [0.717, 1.165) is 6.42 Å². The monoisotopic (exact) mass is 218 g/mol. The predicted molar refractivity (Wildman–Crippen MR) is 54.3 cm³/mol. The minimum atomic E-state index is -0.900. The zero-order valence-electron chi connectivity index (χ0n) is 8.82. The average Bonchev–Trinajstić information content (AvgIpc) is 2.15. The third-order valence-electron chi connectivity index (χ3n) is 1.84. The van der Waals surface area contributed by atoms with Crippen LogP contribution in [-0.4, -0.2) is 34.7 Å². The van der Waals surface area contributed by atoms with Crippen molar-refractivity contribution >= 4 is 11.9 Å². The average molecular weight is 218 g/mol. The van der Waals surface area contributed by atoms with Crippen molar-refractivity contribution in [3.8, 4) is 0 Å². The van der Waals surface area contributed by atoms with Crippen molar-refractivity contribution in [3.63, 3.8) is 0 Å². The lowest BCUT2D eigenvalue weighted by Crippen LogP contribution is -2.45. The van der Waals surface area contributed by atoms with Crippen LogP contribution in [0.1, 0.15) is 32.6 Å². The summed E-state index contributed by atoms with van der Waals surface area (Å²) in [5.74, 6) is -1.75. The summed E-state index contributed by atoms with van der Waals surface area (Å²) in [5.41, 5.74) is 5.36. The molecule has 0 rings (SSSR count). The van der Waals surface area contributed by atoms with Crippen LogP contribution in [0.5, 0.6) is 0 Å². The first-order valence-electron chi connectivity index (χ1n) is 5.01. The molecule has 0 aromatic heterocycles. The van der Waals surface area contributed by atoms with E-state index < -0.39 is 18.0 Å². The maximum Gasteiger partial charge on any atom is 0.322 e. The first kappa shape index (κ1) is 13.9. The standard InChI is InChI=1S/C9H18N2O4/c1-2-4-7(9(14)15)11-10-6-3-5-8(12)13/h7,10-11H,2-6H2,1H3,(H,12,13)(H,14,15)/t7-/m0/s1. The van der Waals surface area contributed by atoms with E-state index in [-0.39, 0.29) is 6.42 Å². The maximum atomic E-state index is 10.7. The molecular formula is C9H18N2O4. The second-order valence-corrected chi connectivity index (χ2v) is 3.25. The first-order valence-corrected chi connectivity index (χ1v) is 5.01. The van der Waals surface area contributed by atoms with Crippen molar-refractivity contribution < 1.29 is 19.8 Å². The van der Waals surface area contributed by atoms with E-state index in [4.69, 9.17) is 10.2 Å². The number of hydrogen-bond donors (Lipinski definition) is 4. The zero-order valence-corrected chi connectivity index (χ0v) is 8.82. The Labute approximate surface area is 88.6 Å². The number of aliphatic carboxylic acids is 2. The van der Waals surface area contributed by atoms with E-state index in [1.165, 1.54) is 0 Å². The Kier molecular flexibility index (Phi) is 7.57. The maximum absolute atomic E-state index is 10.7. The summed E-state index contributed by atoms with van der Waals surface area (Å²) in [4.78, 5) is 20.8. The van der Waals surface area contributed by atoms with Crippen molar-refractivity contribution in [3.05, 3.63) is 0 Å². The molecule has 4 N–H and O–H groups in total. The third-order valence-corrected chi connectivity index (χ3v) is 1.84. The van der Waals surface area contributed by atoms with Gasteiger partial charge < -0.3 is 10.2 Å². The highest BCUT2D eigenvalue weighted by atomic mass is 16.4. The van der Waals surface area contributed by atoms with Crippen molar-refractivity contribution in [2.75, 3.05) is 6.54 Å². The van der Waals surface area contributed by atoms with Crippen molar-refractivity contribution in [1.29, 1.82) is 0 Å². The van der Waals surface area contributed by atoms with Gasteiger partial charge in [-0.15, -0.1) is 0 Å². The van der Waals surface area contributed by atoms with Gasteiger partial charge in [0.25, 0.3) is 0 Å². The number of carboxylic acid groups (broad SMARTS) is 2. The summed E-state index contributed by atoms with van der Waals surface area (Å²) < 4.78 is 0. The lowest BCUT2D eigenvalue weighted by Gasteiger charge is -2.13. The Morgan fingerprint density at radius 3 is 2.47 bits per heavy atom. The van der Waals surface area contributed by atoms with Gasteiger partial charge in [-0.3, -0.25) is 15.0 Å². The van der Waals surface area contributed by atoms with Crippen LogP contribution in [0.15, 0.2) is 0 Å². The normalized spacial score (nSPS) is 12.3. The highest BCUT2D eigenvalue weighted by molar-refractivity contribution is 5.73. The van der Waals surface area contributed by atoms with Gasteiger partial charge in [0.2, 0.25) is 0 Å². The highest BCUT2D eigenvalue weighted by Gasteiger charge is 2.14. The minimum Gasteiger partial charge on any atom is -0.481 e. The second-order valence-electron chi connectivity index (χ2n) is 3.25. The SMILES string of the molecule is CCC[C@H](NNCCCC(=O)O)C(=O)O. The number of carbonyl (C=O) groups is 2. The van der Waals surface area contributed by atoms with E-state index in [0.29, 0.717) is 19.4 Å². The molecule has 0 aliphatic heterocycles. The zero-order chi connectivity index (χ0) is 11.7. The first-order chi connectivity index (χ1) is 7.07.